The van der Waals surface area contributed by atoms with Gasteiger partial charge in [0.15, 0.2) is 0 Å². The summed E-state index contributed by atoms with van der Waals surface area (Å²) < 4.78 is 0. The molecule has 0 aromatic carbocycles. The van der Waals surface area contributed by atoms with Crippen LogP contribution in [0.3, 0.4) is 0 Å². The number of ketones is 1. The van der Waals surface area contributed by atoms with E-state index >= 15 is 0 Å². The summed E-state index contributed by atoms with van der Waals surface area (Å²) in [6.45, 7) is 1.70. The molecule has 0 aliphatic rings. The average Bonchev–Trinajstić information content (AvgIpc) is 2.03. The van der Waals surface area contributed by atoms with Crippen LogP contribution in [0.2, 0.25) is 0 Å². The van der Waals surface area contributed by atoms with Gasteiger partial charge in [-0.05, 0) is 18.9 Å². The van der Waals surface area contributed by atoms with Gasteiger partial charge in [-0.3, -0.25) is 4.79 Å². The lowest BCUT2D eigenvalue weighted by atomic mass is 10.3. The van der Waals surface area contributed by atoms with Crippen molar-refractivity contribution < 1.29 is 4.79 Å². The van der Waals surface area contributed by atoms with Gasteiger partial charge in [-0.15, -0.1) is 6.42 Å². The molecule has 0 aliphatic heterocycles. The maximum Gasteiger partial charge on any atom is 0.254 e. The smallest absolute Gasteiger partial charge is 0.254 e. The van der Waals surface area contributed by atoms with E-state index in [0.717, 1.165) is 0 Å². The summed E-state index contributed by atoms with van der Waals surface area (Å²) in [5.41, 5.74) is 0.278. The van der Waals surface area contributed by atoms with Gasteiger partial charge in [0, 0.05) is 6.20 Å². The second kappa shape index (κ2) is 2.93. The van der Waals surface area contributed by atoms with Crippen molar-refractivity contribution in [2.24, 2.45) is 0 Å². The van der Waals surface area contributed by atoms with E-state index in [4.69, 9.17) is 6.42 Å². The van der Waals surface area contributed by atoms with Gasteiger partial charge in [0.05, 0.1) is 0 Å². The number of hydrogen-bond donors (Lipinski definition) is 0. The van der Waals surface area contributed by atoms with E-state index in [-0.39, 0.29) is 5.69 Å². The molecule has 0 atom stereocenters. The van der Waals surface area contributed by atoms with Gasteiger partial charge in [-0.25, -0.2) is 9.97 Å². The first kappa shape index (κ1) is 7.42. The zero-order chi connectivity index (χ0) is 8.27. The molecule has 3 nitrogen and oxygen atoms in total. The SMILES string of the molecule is C#CC(=O)c1ccnc(C)n1. The summed E-state index contributed by atoms with van der Waals surface area (Å²) in [5, 5.41) is 0. The fourth-order valence-electron chi connectivity index (χ4n) is 0.657. The number of carbonyl (C=O) groups excluding carboxylic acids is 1. The van der Waals surface area contributed by atoms with Gasteiger partial charge in [-0.2, -0.15) is 0 Å². The summed E-state index contributed by atoms with van der Waals surface area (Å²) in [5.74, 6) is 2.12. The normalized spacial score (nSPS) is 8.73. The first-order chi connectivity index (χ1) is 5.24. The minimum atomic E-state index is -0.407. The fourth-order valence-corrected chi connectivity index (χ4v) is 0.657. The summed E-state index contributed by atoms with van der Waals surface area (Å²) in [6, 6.07) is 1.50. The highest BCUT2D eigenvalue weighted by Crippen LogP contribution is 1.94. The molecule has 54 valence electrons. The minimum Gasteiger partial charge on any atom is -0.277 e. The van der Waals surface area contributed by atoms with Gasteiger partial charge < -0.3 is 0 Å². The van der Waals surface area contributed by atoms with Crippen molar-refractivity contribution in [3.8, 4) is 12.3 Å². The molecule has 0 aliphatic carbocycles. The lowest BCUT2D eigenvalue weighted by Crippen LogP contribution is -2.00. The van der Waals surface area contributed by atoms with Crippen LogP contribution >= 0.6 is 0 Å². The molecule has 0 amide bonds. The summed E-state index contributed by atoms with van der Waals surface area (Å²) in [6.07, 6.45) is 6.40. The first-order valence-corrected chi connectivity index (χ1v) is 3.04. The van der Waals surface area contributed by atoms with Crippen LogP contribution in [0.5, 0.6) is 0 Å². The Bertz CT molecular complexity index is 325. The molecule has 0 N–H and O–H groups in total. The Morgan fingerprint density at radius 3 is 3.00 bits per heavy atom. The van der Waals surface area contributed by atoms with E-state index < -0.39 is 5.78 Å². The van der Waals surface area contributed by atoms with Crippen LogP contribution in [0, 0.1) is 19.3 Å². The third kappa shape index (κ3) is 1.62. The van der Waals surface area contributed by atoms with Gasteiger partial charge in [0.1, 0.15) is 11.5 Å². The molecule has 1 rings (SSSR count). The number of aryl methyl sites for hydroxylation is 1. The molecule has 11 heavy (non-hydrogen) atoms. The molecule has 0 spiro atoms. The van der Waals surface area contributed by atoms with Gasteiger partial charge in [0.2, 0.25) is 0 Å². The minimum absolute atomic E-state index is 0.278. The highest BCUT2D eigenvalue weighted by atomic mass is 16.1. The first-order valence-electron chi connectivity index (χ1n) is 3.04. The van der Waals surface area contributed by atoms with E-state index in [1.54, 1.807) is 6.92 Å². The van der Waals surface area contributed by atoms with E-state index in [0.29, 0.717) is 5.82 Å². The Balaban J connectivity index is 3.08. The second-order valence-corrected chi connectivity index (χ2v) is 1.96. The van der Waals surface area contributed by atoms with Crippen LogP contribution in [0.25, 0.3) is 0 Å². The standard InChI is InChI=1S/C8H6N2O/c1-3-8(11)7-4-5-9-6(2)10-7/h1,4-5H,2H3. The zero-order valence-corrected chi connectivity index (χ0v) is 6.03. The molecule has 1 heterocycles. The lowest BCUT2D eigenvalue weighted by Gasteiger charge is -1.92. The molecule has 0 bridgehead atoms. The Hall–Kier alpha value is -1.69. The Labute approximate surface area is 64.5 Å². The van der Waals surface area contributed by atoms with Crippen molar-refractivity contribution in [1.82, 2.24) is 9.97 Å². The highest BCUT2D eigenvalue weighted by molar-refractivity contribution is 6.07. The van der Waals surface area contributed by atoms with E-state index in [1.165, 1.54) is 12.3 Å². The molecule has 1 aromatic rings. The zero-order valence-electron chi connectivity index (χ0n) is 6.03. The third-order valence-corrected chi connectivity index (χ3v) is 1.14. The maximum atomic E-state index is 10.8. The maximum absolute atomic E-state index is 10.8. The second-order valence-electron chi connectivity index (χ2n) is 1.96. The van der Waals surface area contributed by atoms with Crippen LogP contribution < -0.4 is 0 Å². The molecule has 0 radical (unpaired) electrons. The number of terminal acetylenes is 1. The van der Waals surface area contributed by atoms with Crippen molar-refractivity contribution >= 4 is 5.78 Å². The van der Waals surface area contributed by atoms with E-state index in [1.807, 2.05) is 5.92 Å². The molecule has 0 fully saturated rings. The van der Waals surface area contributed by atoms with Crippen LogP contribution in [0.1, 0.15) is 16.3 Å². The summed E-state index contributed by atoms with van der Waals surface area (Å²) >= 11 is 0. The van der Waals surface area contributed by atoms with Crippen molar-refractivity contribution in [3.05, 3.63) is 23.8 Å². The number of Topliss-reactive ketones (excluding diaryl/α,β-unsaturated/α-hetero) is 1. The number of hydrogen-bond acceptors (Lipinski definition) is 3. The topological polar surface area (TPSA) is 42.9 Å². The number of nitrogens with zero attached hydrogens (tertiary/aromatic N) is 2. The number of aromatic nitrogens is 2. The van der Waals surface area contributed by atoms with E-state index in [9.17, 15) is 4.79 Å². The summed E-state index contributed by atoms with van der Waals surface area (Å²) in [7, 11) is 0. The van der Waals surface area contributed by atoms with Crippen LogP contribution in [-0.4, -0.2) is 15.8 Å². The lowest BCUT2D eigenvalue weighted by molar-refractivity contribution is 0.105. The molecule has 0 saturated heterocycles. The van der Waals surface area contributed by atoms with Gasteiger partial charge in [-0.1, -0.05) is 0 Å². The molecular weight excluding hydrogens is 140 g/mol. The van der Waals surface area contributed by atoms with Crippen molar-refractivity contribution in [1.29, 1.82) is 0 Å². The van der Waals surface area contributed by atoms with Crippen molar-refractivity contribution in [2.45, 2.75) is 6.92 Å². The van der Waals surface area contributed by atoms with Gasteiger partial charge >= 0.3 is 0 Å². The van der Waals surface area contributed by atoms with E-state index in [2.05, 4.69) is 9.97 Å². The molecular formula is C8H6N2O. The highest BCUT2D eigenvalue weighted by Gasteiger charge is 2.02. The third-order valence-electron chi connectivity index (χ3n) is 1.14. The largest absolute Gasteiger partial charge is 0.277 e. The Kier molecular flexibility index (Phi) is 1.98. The van der Waals surface area contributed by atoms with Crippen LogP contribution in [-0.2, 0) is 0 Å². The Morgan fingerprint density at radius 1 is 1.73 bits per heavy atom. The van der Waals surface area contributed by atoms with Crippen molar-refractivity contribution in [2.75, 3.05) is 0 Å². The predicted molar refractivity (Wildman–Crippen MR) is 39.9 cm³/mol. The van der Waals surface area contributed by atoms with Crippen LogP contribution in [0.4, 0.5) is 0 Å². The predicted octanol–water partition coefficient (Wildman–Crippen LogP) is 0.601. The fraction of sp³-hybridized carbons (Fsp3) is 0.125. The molecule has 3 heteroatoms. The quantitative estimate of drug-likeness (QED) is 0.331. The Morgan fingerprint density at radius 2 is 2.45 bits per heavy atom. The molecule has 1 aromatic heterocycles. The monoisotopic (exact) mass is 146 g/mol. The molecule has 0 unspecified atom stereocenters. The summed E-state index contributed by atoms with van der Waals surface area (Å²) in [4.78, 5) is 18.5. The molecule has 0 saturated carbocycles. The van der Waals surface area contributed by atoms with Crippen molar-refractivity contribution in [3.63, 3.8) is 0 Å². The number of carbonyl (C=O) groups is 1. The van der Waals surface area contributed by atoms with Crippen LogP contribution in [0.15, 0.2) is 12.3 Å². The average molecular weight is 146 g/mol. The van der Waals surface area contributed by atoms with Gasteiger partial charge in [0.25, 0.3) is 5.78 Å². The number of rotatable bonds is 1.